The number of halogens is 2. The summed E-state index contributed by atoms with van der Waals surface area (Å²) in [7, 11) is 0. The monoisotopic (exact) mass is 275 g/mol. The summed E-state index contributed by atoms with van der Waals surface area (Å²) in [6.45, 7) is 4.88. The van der Waals surface area contributed by atoms with E-state index in [2.05, 4.69) is 15.9 Å². The van der Waals surface area contributed by atoms with Gasteiger partial charge in [-0.05, 0) is 46.9 Å². The molecule has 0 aliphatic rings. The minimum absolute atomic E-state index is 0.156. The molecule has 0 aromatic heterocycles. The first-order valence-corrected chi connectivity index (χ1v) is 5.71. The Kier molecular flexibility index (Phi) is 4.54. The average molecular weight is 276 g/mol. The van der Waals surface area contributed by atoms with Crippen LogP contribution in [0.2, 0.25) is 0 Å². The Labute approximate surface area is 97.7 Å². The Morgan fingerprint density at radius 1 is 1.53 bits per heavy atom. The van der Waals surface area contributed by atoms with E-state index >= 15 is 0 Å². The largest absolute Gasteiger partial charge is 0.492 e. The van der Waals surface area contributed by atoms with Crippen LogP contribution in [0.15, 0.2) is 16.6 Å². The lowest BCUT2D eigenvalue weighted by molar-refractivity contribution is 0.330. The minimum Gasteiger partial charge on any atom is -0.492 e. The van der Waals surface area contributed by atoms with Gasteiger partial charge in [-0.15, -0.1) is 0 Å². The highest BCUT2D eigenvalue weighted by atomic mass is 79.9. The normalized spacial score (nSPS) is 12.6. The Balaban J connectivity index is 3.20. The van der Waals surface area contributed by atoms with Crippen LogP contribution in [0.5, 0.6) is 5.75 Å². The van der Waals surface area contributed by atoms with E-state index in [9.17, 15) is 4.39 Å². The first-order chi connectivity index (χ1) is 7.11. The fourth-order valence-electron chi connectivity index (χ4n) is 1.35. The van der Waals surface area contributed by atoms with E-state index < -0.39 is 0 Å². The summed E-state index contributed by atoms with van der Waals surface area (Å²) < 4.78 is 19.1. The van der Waals surface area contributed by atoms with Gasteiger partial charge >= 0.3 is 0 Å². The second-order valence-corrected chi connectivity index (χ2v) is 4.14. The maximum Gasteiger partial charge on any atom is 0.141 e. The van der Waals surface area contributed by atoms with Crippen molar-refractivity contribution in [3.8, 4) is 5.75 Å². The first kappa shape index (κ1) is 12.5. The maximum atomic E-state index is 13.3. The molecular formula is C11H15BrFNO. The van der Waals surface area contributed by atoms with Gasteiger partial charge in [0.25, 0.3) is 0 Å². The lowest BCUT2D eigenvalue weighted by Crippen LogP contribution is -2.11. The van der Waals surface area contributed by atoms with Crippen LogP contribution in [0, 0.1) is 5.82 Å². The van der Waals surface area contributed by atoms with E-state index in [4.69, 9.17) is 10.5 Å². The molecule has 15 heavy (non-hydrogen) atoms. The van der Waals surface area contributed by atoms with Crippen molar-refractivity contribution in [2.45, 2.75) is 19.8 Å². The van der Waals surface area contributed by atoms with E-state index in [1.165, 1.54) is 6.07 Å². The Hall–Kier alpha value is -0.610. The summed E-state index contributed by atoms with van der Waals surface area (Å²) in [5, 5.41) is 0. The zero-order valence-corrected chi connectivity index (χ0v) is 10.5. The third kappa shape index (κ3) is 2.69. The molecule has 2 nitrogen and oxygen atoms in total. The van der Waals surface area contributed by atoms with E-state index in [0.717, 1.165) is 5.56 Å². The van der Waals surface area contributed by atoms with Crippen LogP contribution >= 0.6 is 15.9 Å². The van der Waals surface area contributed by atoms with E-state index in [1.807, 2.05) is 13.8 Å². The molecule has 1 atom stereocenters. The summed E-state index contributed by atoms with van der Waals surface area (Å²) in [6.07, 6.45) is 0. The van der Waals surface area contributed by atoms with Crippen molar-refractivity contribution in [1.82, 2.24) is 0 Å². The van der Waals surface area contributed by atoms with E-state index in [0.29, 0.717) is 23.4 Å². The number of hydrogen-bond donors (Lipinski definition) is 1. The van der Waals surface area contributed by atoms with Gasteiger partial charge in [-0.1, -0.05) is 13.0 Å². The standard InChI is InChI=1S/C11H15BrFNO/c1-3-15-11-8(7(2)6-14)4-5-9(13)10(11)12/h4-5,7H,3,6,14H2,1-2H3. The van der Waals surface area contributed by atoms with Crippen molar-refractivity contribution >= 4 is 15.9 Å². The molecule has 0 aliphatic carbocycles. The predicted octanol–water partition coefficient (Wildman–Crippen LogP) is 3.05. The highest BCUT2D eigenvalue weighted by Crippen LogP contribution is 2.35. The van der Waals surface area contributed by atoms with Gasteiger partial charge in [-0.25, -0.2) is 4.39 Å². The smallest absolute Gasteiger partial charge is 0.141 e. The molecule has 1 rings (SSSR count). The lowest BCUT2D eigenvalue weighted by Gasteiger charge is -2.16. The van der Waals surface area contributed by atoms with Crippen molar-refractivity contribution in [3.63, 3.8) is 0 Å². The highest BCUT2D eigenvalue weighted by Gasteiger charge is 2.16. The van der Waals surface area contributed by atoms with Gasteiger partial charge in [0.05, 0.1) is 11.1 Å². The fraction of sp³-hybridized carbons (Fsp3) is 0.455. The summed E-state index contributed by atoms with van der Waals surface area (Å²) in [5.74, 6) is 0.408. The second-order valence-electron chi connectivity index (χ2n) is 3.35. The molecule has 0 radical (unpaired) electrons. The van der Waals surface area contributed by atoms with Crippen molar-refractivity contribution < 1.29 is 9.13 Å². The number of hydrogen-bond acceptors (Lipinski definition) is 2. The number of rotatable bonds is 4. The summed E-state index contributed by atoms with van der Waals surface area (Å²) in [4.78, 5) is 0. The molecule has 84 valence electrons. The lowest BCUT2D eigenvalue weighted by atomic mass is 10.0. The molecule has 0 fully saturated rings. The summed E-state index contributed by atoms with van der Waals surface area (Å²) >= 11 is 3.19. The molecular weight excluding hydrogens is 261 g/mol. The van der Waals surface area contributed by atoms with Crippen LogP contribution in [-0.4, -0.2) is 13.2 Å². The van der Waals surface area contributed by atoms with E-state index in [1.54, 1.807) is 6.07 Å². The topological polar surface area (TPSA) is 35.2 Å². The minimum atomic E-state index is -0.313. The molecule has 0 bridgehead atoms. The van der Waals surface area contributed by atoms with Gasteiger partial charge in [-0.2, -0.15) is 0 Å². The van der Waals surface area contributed by atoms with Crippen molar-refractivity contribution in [2.75, 3.05) is 13.2 Å². The van der Waals surface area contributed by atoms with Crippen LogP contribution < -0.4 is 10.5 Å². The molecule has 1 aromatic carbocycles. The molecule has 0 saturated carbocycles. The molecule has 0 saturated heterocycles. The highest BCUT2D eigenvalue weighted by molar-refractivity contribution is 9.10. The Bertz CT molecular complexity index is 344. The fourth-order valence-corrected chi connectivity index (χ4v) is 1.83. The maximum absolute atomic E-state index is 13.3. The number of nitrogens with two attached hydrogens (primary N) is 1. The Morgan fingerprint density at radius 3 is 2.73 bits per heavy atom. The molecule has 1 aromatic rings. The SMILES string of the molecule is CCOc1c(C(C)CN)ccc(F)c1Br. The van der Waals surface area contributed by atoms with Crippen molar-refractivity contribution in [2.24, 2.45) is 5.73 Å². The van der Waals surface area contributed by atoms with Gasteiger partial charge in [0.15, 0.2) is 0 Å². The number of ether oxygens (including phenoxy) is 1. The van der Waals surface area contributed by atoms with Crippen LogP contribution in [0.3, 0.4) is 0 Å². The van der Waals surface area contributed by atoms with E-state index in [-0.39, 0.29) is 11.7 Å². The van der Waals surface area contributed by atoms with Gasteiger partial charge in [0.1, 0.15) is 11.6 Å². The molecule has 0 aliphatic heterocycles. The molecule has 0 amide bonds. The molecule has 2 N–H and O–H groups in total. The van der Waals surface area contributed by atoms with Crippen LogP contribution in [-0.2, 0) is 0 Å². The Morgan fingerprint density at radius 2 is 2.20 bits per heavy atom. The molecule has 0 heterocycles. The van der Waals surface area contributed by atoms with Crippen molar-refractivity contribution in [1.29, 1.82) is 0 Å². The van der Waals surface area contributed by atoms with Gasteiger partial charge in [0.2, 0.25) is 0 Å². The quantitative estimate of drug-likeness (QED) is 0.917. The zero-order valence-electron chi connectivity index (χ0n) is 8.89. The molecule has 1 unspecified atom stereocenters. The average Bonchev–Trinajstić information content (AvgIpc) is 2.24. The van der Waals surface area contributed by atoms with Crippen LogP contribution in [0.1, 0.15) is 25.3 Å². The predicted molar refractivity (Wildman–Crippen MR) is 62.7 cm³/mol. The van der Waals surface area contributed by atoms with Gasteiger partial charge in [-0.3, -0.25) is 0 Å². The van der Waals surface area contributed by atoms with Crippen LogP contribution in [0.4, 0.5) is 4.39 Å². The summed E-state index contributed by atoms with van der Waals surface area (Å²) in [5.41, 5.74) is 6.53. The van der Waals surface area contributed by atoms with Crippen LogP contribution in [0.25, 0.3) is 0 Å². The summed E-state index contributed by atoms with van der Waals surface area (Å²) in [6, 6.07) is 3.15. The number of benzene rings is 1. The van der Waals surface area contributed by atoms with Gasteiger partial charge < -0.3 is 10.5 Å². The second kappa shape index (κ2) is 5.47. The van der Waals surface area contributed by atoms with Gasteiger partial charge in [0, 0.05) is 0 Å². The third-order valence-electron chi connectivity index (χ3n) is 2.25. The third-order valence-corrected chi connectivity index (χ3v) is 2.99. The van der Waals surface area contributed by atoms with Crippen molar-refractivity contribution in [3.05, 3.63) is 28.0 Å². The first-order valence-electron chi connectivity index (χ1n) is 4.92. The zero-order chi connectivity index (χ0) is 11.4. The molecule has 4 heteroatoms. The molecule has 0 spiro atoms.